The molecule has 0 aliphatic carbocycles. The molecule has 1 heterocycles. The number of carbonyl (C=O) groups excluding carboxylic acids is 1. The molecule has 0 bridgehead atoms. The molecule has 6 nitrogen and oxygen atoms in total. The highest BCUT2D eigenvalue weighted by Crippen LogP contribution is 2.27. The van der Waals surface area contributed by atoms with E-state index in [1.54, 1.807) is 12.1 Å². The lowest BCUT2D eigenvalue weighted by atomic mass is 10.1. The summed E-state index contributed by atoms with van der Waals surface area (Å²) in [6, 6.07) is 6.89. The van der Waals surface area contributed by atoms with Crippen LogP contribution in [0.25, 0.3) is 0 Å². The van der Waals surface area contributed by atoms with Crippen molar-refractivity contribution in [2.45, 2.75) is 25.0 Å². The number of anilines is 1. The summed E-state index contributed by atoms with van der Waals surface area (Å²) in [7, 11) is 0. The Labute approximate surface area is 118 Å². The minimum Gasteiger partial charge on any atom is -0.300 e. The van der Waals surface area contributed by atoms with Gasteiger partial charge in [0.1, 0.15) is 12.1 Å². The van der Waals surface area contributed by atoms with Crippen LogP contribution in [0.15, 0.2) is 28.7 Å². The van der Waals surface area contributed by atoms with Gasteiger partial charge in [0.15, 0.2) is 6.29 Å². The molecule has 1 aromatic rings. The average Bonchev–Trinajstić information content (AvgIpc) is 2.40. The van der Waals surface area contributed by atoms with E-state index in [2.05, 4.69) is 15.9 Å². The van der Waals surface area contributed by atoms with Crippen molar-refractivity contribution in [2.75, 3.05) is 11.6 Å². The fourth-order valence-corrected chi connectivity index (χ4v) is 2.31. The van der Waals surface area contributed by atoms with Gasteiger partial charge in [0, 0.05) is 9.40 Å². The number of hydrogen-bond acceptors (Lipinski definition) is 5. The summed E-state index contributed by atoms with van der Waals surface area (Å²) in [5.41, 5.74) is 0.710. The third-order valence-corrected chi connectivity index (χ3v) is 3.49. The van der Waals surface area contributed by atoms with E-state index in [0.717, 1.165) is 10.8 Å². The molecule has 2 atom stereocenters. The quantitative estimate of drug-likeness (QED) is 0.481. The van der Waals surface area contributed by atoms with Crippen LogP contribution in [-0.4, -0.2) is 29.9 Å². The van der Waals surface area contributed by atoms with Crippen LogP contribution in [0, 0.1) is 10.1 Å². The Morgan fingerprint density at radius 1 is 1.42 bits per heavy atom. The van der Waals surface area contributed by atoms with Gasteiger partial charge in [-0.3, -0.25) is 15.0 Å². The standard InChI is InChI=1S/C12H13BrN2O4/c13-9-1-3-10(4-2-9)15-11(7-14(17)18)5-6-12(8-16)19-15/h1-4,8,11-12H,5-7H2/t11-,12-/m1/s1. The smallest absolute Gasteiger partial charge is 0.226 e. The zero-order valence-electron chi connectivity index (χ0n) is 10.1. The van der Waals surface area contributed by atoms with Crippen LogP contribution in [0.3, 0.4) is 0 Å². The highest BCUT2D eigenvalue weighted by molar-refractivity contribution is 9.10. The zero-order chi connectivity index (χ0) is 13.8. The molecule has 0 aromatic heterocycles. The molecule has 102 valence electrons. The van der Waals surface area contributed by atoms with Crippen LogP contribution in [0.4, 0.5) is 5.69 Å². The van der Waals surface area contributed by atoms with Gasteiger partial charge in [0.2, 0.25) is 6.54 Å². The molecule has 0 radical (unpaired) electrons. The summed E-state index contributed by atoms with van der Waals surface area (Å²) in [6.45, 7) is -0.207. The lowest BCUT2D eigenvalue weighted by Crippen LogP contribution is -2.47. The highest BCUT2D eigenvalue weighted by Gasteiger charge is 2.32. The van der Waals surface area contributed by atoms with Crippen LogP contribution in [0.1, 0.15) is 12.8 Å². The normalized spacial score (nSPS) is 23.1. The lowest BCUT2D eigenvalue weighted by molar-refractivity contribution is -0.484. The molecule has 0 saturated carbocycles. The molecule has 2 rings (SSSR count). The second kappa shape index (κ2) is 6.12. The Hall–Kier alpha value is -1.47. The van der Waals surface area contributed by atoms with Crippen LogP contribution in [0.5, 0.6) is 0 Å². The number of rotatable bonds is 4. The molecule has 0 spiro atoms. The molecule has 1 saturated heterocycles. The number of carbonyl (C=O) groups is 1. The zero-order valence-corrected chi connectivity index (χ0v) is 11.7. The Balaban J connectivity index is 2.21. The summed E-state index contributed by atoms with van der Waals surface area (Å²) in [5.74, 6) is 0. The van der Waals surface area contributed by atoms with Crippen molar-refractivity contribution in [3.8, 4) is 0 Å². The number of hydroxylamine groups is 1. The van der Waals surface area contributed by atoms with Crippen molar-refractivity contribution >= 4 is 27.9 Å². The Morgan fingerprint density at radius 2 is 2.11 bits per heavy atom. The van der Waals surface area contributed by atoms with E-state index in [0.29, 0.717) is 18.5 Å². The molecular formula is C12H13BrN2O4. The summed E-state index contributed by atoms with van der Waals surface area (Å²) >= 11 is 3.33. The minimum absolute atomic E-state index is 0.207. The predicted octanol–water partition coefficient (Wildman–Crippen LogP) is 2.19. The SMILES string of the molecule is O=C[C@H]1CC[C@H](C[N+](=O)[O-])N(c2ccc(Br)cc2)O1. The molecule has 1 aromatic carbocycles. The molecule has 7 heteroatoms. The van der Waals surface area contributed by atoms with Crippen molar-refractivity contribution in [3.05, 3.63) is 38.9 Å². The van der Waals surface area contributed by atoms with Gasteiger partial charge in [-0.1, -0.05) is 15.9 Å². The molecule has 0 N–H and O–H groups in total. The first-order chi connectivity index (χ1) is 9.10. The number of aldehydes is 1. The first-order valence-electron chi connectivity index (χ1n) is 5.89. The number of hydrogen-bond donors (Lipinski definition) is 0. The van der Waals surface area contributed by atoms with Gasteiger partial charge in [-0.15, -0.1) is 0 Å². The van der Waals surface area contributed by atoms with E-state index in [-0.39, 0.29) is 17.5 Å². The van der Waals surface area contributed by atoms with Gasteiger partial charge >= 0.3 is 0 Å². The van der Waals surface area contributed by atoms with E-state index in [1.165, 1.54) is 5.06 Å². The number of nitro groups is 1. The number of nitrogens with zero attached hydrogens (tertiary/aromatic N) is 2. The third-order valence-electron chi connectivity index (χ3n) is 2.96. The summed E-state index contributed by atoms with van der Waals surface area (Å²) < 4.78 is 0.908. The van der Waals surface area contributed by atoms with Crippen LogP contribution in [-0.2, 0) is 9.63 Å². The van der Waals surface area contributed by atoms with E-state index < -0.39 is 6.10 Å². The molecule has 0 amide bonds. The Kier molecular flexibility index (Phi) is 4.49. The van der Waals surface area contributed by atoms with E-state index in [1.807, 2.05) is 12.1 Å². The number of halogens is 1. The third kappa shape index (κ3) is 3.51. The van der Waals surface area contributed by atoms with E-state index >= 15 is 0 Å². The highest BCUT2D eigenvalue weighted by atomic mass is 79.9. The Morgan fingerprint density at radius 3 is 2.68 bits per heavy atom. The van der Waals surface area contributed by atoms with Gasteiger partial charge in [-0.2, -0.15) is 0 Å². The second-order valence-corrected chi connectivity index (χ2v) is 5.24. The second-order valence-electron chi connectivity index (χ2n) is 4.33. The minimum atomic E-state index is -0.536. The maximum Gasteiger partial charge on any atom is 0.226 e. The molecule has 1 aliphatic rings. The van der Waals surface area contributed by atoms with Gasteiger partial charge < -0.3 is 4.79 Å². The van der Waals surface area contributed by atoms with Crippen molar-refractivity contribution in [1.82, 2.24) is 0 Å². The molecule has 0 unspecified atom stereocenters. The van der Waals surface area contributed by atoms with Gasteiger partial charge in [-0.25, -0.2) is 5.06 Å². The maximum absolute atomic E-state index is 10.8. The summed E-state index contributed by atoms with van der Waals surface area (Å²) in [5, 5.41) is 12.2. The van der Waals surface area contributed by atoms with E-state index in [9.17, 15) is 14.9 Å². The molecule has 19 heavy (non-hydrogen) atoms. The van der Waals surface area contributed by atoms with Crippen LogP contribution >= 0.6 is 15.9 Å². The van der Waals surface area contributed by atoms with Gasteiger partial charge in [-0.05, 0) is 37.1 Å². The number of benzene rings is 1. The lowest BCUT2D eigenvalue weighted by Gasteiger charge is -2.36. The first kappa shape index (κ1) is 14.0. The van der Waals surface area contributed by atoms with E-state index in [4.69, 9.17) is 4.84 Å². The summed E-state index contributed by atoms with van der Waals surface area (Å²) in [6.07, 6.45) is 1.26. The topological polar surface area (TPSA) is 72.7 Å². The average molecular weight is 329 g/mol. The van der Waals surface area contributed by atoms with Crippen molar-refractivity contribution < 1.29 is 14.6 Å². The van der Waals surface area contributed by atoms with Crippen LogP contribution < -0.4 is 5.06 Å². The van der Waals surface area contributed by atoms with Crippen molar-refractivity contribution in [2.24, 2.45) is 0 Å². The fourth-order valence-electron chi connectivity index (χ4n) is 2.05. The van der Waals surface area contributed by atoms with Gasteiger partial charge in [0.05, 0.1) is 5.69 Å². The van der Waals surface area contributed by atoms with Crippen molar-refractivity contribution in [3.63, 3.8) is 0 Å². The fraction of sp³-hybridized carbons (Fsp3) is 0.417. The Bertz CT molecular complexity index is 465. The van der Waals surface area contributed by atoms with Crippen LogP contribution in [0.2, 0.25) is 0 Å². The first-order valence-corrected chi connectivity index (χ1v) is 6.68. The van der Waals surface area contributed by atoms with Crippen molar-refractivity contribution in [1.29, 1.82) is 0 Å². The predicted molar refractivity (Wildman–Crippen MR) is 72.4 cm³/mol. The van der Waals surface area contributed by atoms with Gasteiger partial charge in [0.25, 0.3) is 0 Å². The monoisotopic (exact) mass is 328 g/mol. The maximum atomic E-state index is 10.8. The summed E-state index contributed by atoms with van der Waals surface area (Å²) in [4.78, 5) is 26.7. The molecule has 1 fully saturated rings. The molecular weight excluding hydrogens is 316 g/mol. The molecule has 1 aliphatic heterocycles. The largest absolute Gasteiger partial charge is 0.300 e.